The van der Waals surface area contributed by atoms with Gasteiger partial charge in [0, 0.05) is 6.04 Å². The third-order valence-corrected chi connectivity index (χ3v) is 3.22. The molecule has 3 rings (SSSR count). The number of aromatic carboxylic acids is 1. The minimum absolute atomic E-state index is 0.00389. The van der Waals surface area contributed by atoms with Crippen molar-refractivity contribution >= 4 is 16.7 Å². The monoisotopic (exact) mass is 265 g/mol. The highest BCUT2D eigenvalue weighted by atomic mass is 19.2. The Kier molecular flexibility index (Phi) is 2.41. The van der Waals surface area contributed by atoms with Gasteiger partial charge >= 0.3 is 5.97 Å². The van der Waals surface area contributed by atoms with Crippen molar-refractivity contribution in [1.29, 1.82) is 0 Å². The van der Waals surface area contributed by atoms with Gasteiger partial charge in [-0.05, 0) is 36.4 Å². The zero-order valence-electron chi connectivity index (χ0n) is 9.69. The molecule has 0 atom stereocenters. The highest BCUT2D eigenvalue weighted by molar-refractivity contribution is 5.92. The van der Waals surface area contributed by atoms with Crippen LogP contribution in [0.15, 0.2) is 23.0 Å². The molecule has 1 aliphatic rings. The lowest BCUT2D eigenvalue weighted by atomic mass is 10.1. The van der Waals surface area contributed by atoms with E-state index in [-0.39, 0.29) is 22.5 Å². The fourth-order valence-corrected chi connectivity index (χ4v) is 2.18. The van der Waals surface area contributed by atoms with Crippen LogP contribution in [0.25, 0.3) is 10.8 Å². The third-order valence-electron chi connectivity index (χ3n) is 3.22. The number of nitrogens with zero attached hydrogens (tertiary/aromatic N) is 1. The molecule has 0 bridgehead atoms. The second-order valence-electron chi connectivity index (χ2n) is 4.59. The van der Waals surface area contributed by atoms with E-state index in [0.29, 0.717) is 0 Å². The molecule has 6 heteroatoms. The Bertz CT molecular complexity index is 763. The van der Waals surface area contributed by atoms with Crippen molar-refractivity contribution in [1.82, 2.24) is 4.57 Å². The summed E-state index contributed by atoms with van der Waals surface area (Å²) in [4.78, 5) is 23.4. The molecule has 1 aromatic carbocycles. The smallest absolute Gasteiger partial charge is 0.352 e. The van der Waals surface area contributed by atoms with Gasteiger partial charge < -0.3 is 5.11 Å². The van der Waals surface area contributed by atoms with E-state index in [0.717, 1.165) is 29.5 Å². The maximum atomic E-state index is 13.2. The highest BCUT2D eigenvalue weighted by Gasteiger charge is 2.29. The molecule has 1 heterocycles. The van der Waals surface area contributed by atoms with Crippen LogP contribution >= 0.6 is 0 Å². The number of pyridine rings is 1. The number of halogens is 2. The second kappa shape index (κ2) is 3.88. The Hall–Kier alpha value is -2.24. The number of benzene rings is 1. The highest BCUT2D eigenvalue weighted by Crippen LogP contribution is 2.35. The quantitative estimate of drug-likeness (QED) is 0.906. The van der Waals surface area contributed by atoms with Gasteiger partial charge in [0.25, 0.3) is 5.56 Å². The van der Waals surface area contributed by atoms with Crippen molar-refractivity contribution in [3.05, 3.63) is 45.9 Å². The number of hydrogen-bond acceptors (Lipinski definition) is 2. The molecular formula is C13H9F2NO3. The molecule has 0 saturated heterocycles. The van der Waals surface area contributed by atoms with Gasteiger partial charge in [0.2, 0.25) is 0 Å². The maximum absolute atomic E-state index is 13.2. The molecule has 0 unspecified atom stereocenters. The van der Waals surface area contributed by atoms with Gasteiger partial charge in [0.1, 0.15) is 5.69 Å². The summed E-state index contributed by atoms with van der Waals surface area (Å²) in [5, 5.41) is 9.21. The maximum Gasteiger partial charge on any atom is 0.352 e. The van der Waals surface area contributed by atoms with Crippen LogP contribution < -0.4 is 5.56 Å². The normalized spacial score (nSPS) is 14.8. The Morgan fingerprint density at radius 1 is 1.21 bits per heavy atom. The summed E-state index contributed by atoms with van der Waals surface area (Å²) >= 11 is 0. The molecule has 1 aromatic heterocycles. The van der Waals surface area contributed by atoms with E-state index in [1.807, 2.05) is 0 Å². The minimum Gasteiger partial charge on any atom is -0.477 e. The molecule has 1 fully saturated rings. The van der Waals surface area contributed by atoms with Crippen molar-refractivity contribution in [2.24, 2.45) is 0 Å². The molecule has 0 spiro atoms. The minimum atomic E-state index is -1.25. The SMILES string of the molecule is O=C(O)c1cc2cc(F)c(F)cc2c(=O)n1C1CC1. The van der Waals surface area contributed by atoms with Gasteiger partial charge in [-0.3, -0.25) is 9.36 Å². The molecule has 0 aliphatic heterocycles. The van der Waals surface area contributed by atoms with Gasteiger partial charge in [0.15, 0.2) is 11.6 Å². The first-order valence-electron chi connectivity index (χ1n) is 5.76. The fourth-order valence-electron chi connectivity index (χ4n) is 2.18. The van der Waals surface area contributed by atoms with E-state index in [2.05, 4.69) is 0 Å². The number of fused-ring (bicyclic) bond motifs is 1. The number of carbonyl (C=O) groups is 1. The standard InChI is InChI=1S/C13H9F2NO3/c14-9-3-6-4-11(13(18)19)16(7-1-2-7)12(17)8(6)5-10(9)15/h3-5,7H,1-2H2,(H,18,19). The molecule has 0 radical (unpaired) electrons. The van der Waals surface area contributed by atoms with E-state index < -0.39 is 23.2 Å². The van der Waals surface area contributed by atoms with Crippen molar-refractivity contribution in [2.75, 3.05) is 0 Å². The Morgan fingerprint density at radius 3 is 2.42 bits per heavy atom. The number of aromatic nitrogens is 1. The van der Waals surface area contributed by atoms with E-state index in [1.165, 1.54) is 6.07 Å². The first kappa shape index (κ1) is 11.8. The number of rotatable bonds is 2. The van der Waals surface area contributed by atoms with Crippen LogP contribution in [-0.4, -0.2) is 15.6 Å². The molecule has 0 amide bonds. The van der Waals surface area contributed by atoms with Crippen molar-refractivity contribution in [3.63, 3.8) is 0 Å². The summed E-state index contributed by atoms with van der Waals surface area (Å²) in [5.74, 6) is -3.47. The topological polar surface area (TPSA) is 59.3 Å². The predicted octanol–water partition coefficient (Wildman–Crippen LogP) is 2.31. The summed E-state index contributed by atoms with van der Waals surface area (Å²) < 4.78 is 27.5. The summed E-state index contributed by atoms with van der Waals surface area (Å²) in [7, 11) is 0. The van der Waals surface area contributed by atoms with Gasteiger partial charge in [-0.1, -0.05) is 0 Å². The van der Waals surface area contributed by atoms with E-state index in [9.17, 15) is 18.4 Å². The van der Waals surface area contributed by atoms with Crippen LogP contribution in [0.3, 0.4) is 0 Å². The predicted molar refractivity (Wildman–Crippen MR) is 63.4 cm³/mol. The number of carboxylic acid groups (broad SMARTS) is 1. The van der Waals surface area contributed by atoms with Gasteiger partial charge in [-0.2, -0.15) is 0 Å². The zero-order valence-corrected chi connectivity index (χ0v) is 9.69. The van der Waals surface area contributed by atoms with Gasteiger partial charge in [0.05, 0.1) is 5.39 Å². The first-order chi connectivity index (χ1) is 8.99. The van der Waals surface area contributed by atoms with Crippen LogP contribution in [0.1, 0.15) is 29.4 Å². The number of hydrogen-bond donors (Lipinski definition) is 1. The summed E-state index contributed by atoms with van der Waals surface area (Å²) in [6, 6.07) is 2.71. The summed E-state index contributed by atoms with van der Waals surface area (Å²) in [5.41, 5.74) is -0.776. The van der Waals surface area contributed by atoms with E-state index in [1.54, 1.807) is 0 Å². The molecule has 4 nitrogen and oxygen atoms in total. The van der Waals surface area contributed by atoms with Crippen LogP contribution in [0, 0.1) is 11.6 Å². The van der Waals surface area contributed by atoms with Gasteiger partial charge in [-0.25, -0.2) is 13.6 Å². The Morgan fingerprint density at radius 2 is 1.84 bits per heavy atom. The summed E-state index contributed by atoms with van der Waals surface area (Å²) in [6.07, 6.45) is 1.44. The molecular weight excluding hydrogens is 256 g/mol. The van der Waals surface area contributed by atoms with Crippen molar-refractivity contribution in [2.45, 2.75) is 18.9 Å². The molecule has 1 N–H and O–H groups in total. The lowest BCUT2D eigenvalue weighted by Crippen LogP contribution is -2.25. The van der Waals surface area contributed by atoms with E-state index >= 15 is 0 Å². The third kappa shape index (κ3) is 1.80. The van der Waals surface area contributed by atoms with Crippen molar-refractivity contribution in [3.8, 4) is 0 Å². The zero-order chi connectivity index (χ0) is 13.7. The van der Waals surface area contributed by atoms with Crippen LogP contribution in [0.2, 0.25) is 0 Å². The number of carboxylic acids is 1. The van der Waals surface area contributed by atoms with Crippen LogP contribution in [-0.2, 0) is 0 Å². The molecule has 1 saturated carbocycles. The van der Waals surface area contributed by atoms with E-state index in [4.69, 9.17) is 5.11 Å². The van der Waals surface area contributed by atoms with Crippen LogP contribution in [0.4, 0.5) is 8.78 Å². The lowest BCUT2D eigenvalue weighted by molar-refractivity contribution is 0.0683. The second-order valence-corrected chi connectivity index (χ2v) is 4.59. The molecule has 2 aromatic rings. The largest absolute Gasteiger partial charge is 0.477 e. The Labute approximate surface area is 105 Å². The Balaban J connectivity index is 2.42. The van der Waals surface area contributed by atoms with Crippen molar-refractivity contribution < 1.29 is 18.7 Å². The molecule has 98 valence electrons. The fraction of sp³-hybridized carbons (Fsp3) is 0.231. The average molecular weight is 265 g/mol. The van der Waals surface area contributed by atoms with Crippen LogP contribution in [0.5, 0.6) is 0 Å². The summed E-state index contributed by atoms with van der Waals surface area (Å²) in [6.45, 7) is 0. The lowest BCUT2D eigenvalue weighted by Gasteiger charge is -2.10. The molecule has 1 aliphatic carbocycles. The first-order valence-corrected chi connectivity index (χ1v) is 5.76. The average Bonchev–Trinajstić information content (AvgIpc) is 3.15. The molecule has 19 heavy (non-hydrogen) atoms. The van der Waals surface area contributed by atoms with Gasteiger partial charge in [-0.15, -0.1) is 0 Å².